The molecule has 0 fully saturated rings. The molecule has 0 aliphatic heterocycles. The van der Waals surface area contributed by atoms with Crippen LogP contribution in [0.25, 0.3) is 0 Å². The highest BCUT2D eigenvalue weighted by molar-refractivity contribution is 9.10. The van der Waals surface area contributed by atoms with Crippen LogP contribution in [0, 0.1) is 5.82 Å². The maximum absolute atomic E-state index is 13.7. The quantitative estimate of drug-likeness (QED) is 0.762. The van der Waals surface area contributed by atoms with Crippen molar-refractivity contribution >= 4 is 35.7 Å². The standard InChI is InChI=1S/C11H7BrClFN2O3S/c12-7-4-10(20(13,17)18)8(14)5-9(7)19-6-11-15-2-1-3-16-11/h1-5H,6H2. The van der Waals surface area contributed by atoms with Crippen molar-refractivity contribution < 1.29 is 17.5 Å². The van der Waals surface area contributed by atoms with E-state index in [1.54, 1.807) is 18.5 Å². The van der Waals surface area contributed by atoms with Crippen LogP contribution in [-0.2, 0) is 15.7 Å². The van der Waals surface area contributed by atoms with Crippen LogP contribution < -0.4 is 4.74 Å². The minimum absolute atomic E-state index is 0.0197. The van der Waals surface area contributed by atoms with Crippen molar-refractivity contribution in [2.24, 2.45) is 0 Å². The number of benzene rings is 1. The van der Waals surface area contributed by atoms with Crippen molar-refractivity contribution in [3.05, 3.63) is 46.7 Å². The van der Waals surface area contributed by atoms with E-state index < -0.39 is 19.8 Å². The zero-order chi connectivity index (χ0) is 14.8. The smallest absolute Gasteiger partial charge is 0.264 e. The van der Waals surface area contributed by atoms with Gasteiger partial charge in [-0.15, -0.1) is 0 Å². The molecule has 0 aliphatic rings. The number of hydrogen-bond acceptors (Lipinski definition) is 5. The third-order valence-corrected chi connectivity index (χ3v) is 4.18. The van der Waals surface area contributed by atoms with Crippen LogP contribution in [0.5, 0.6) is 5.75 Å². The molecule has 0 saturated carbocycles. The predicted molar refractivity (Wildman–Crippen MR) is 73.5 cm³/mol. The van der Waals surface area contributed by atoms with Gasteiger partial charge in [-0.05, 0) is 28.1 Å². The third-order valence-electron chi connectivity index (χ3n) is 2.23. The molecule has 0 amide bonds. The van der Waals surface area contributed by atoms with Crippen molar-refractivity contribution in [3.8, 4) is 5.75 Å². The average molecular weight is 382 g/mol. The van der Waals surface area contributed by atoms with E-state index >= 15 is 0 Å². The minimum atomic E-state index is -4.15. The molecule has 20 heavy (non-hydrogen) atoms. The SMILES string of the molecule is O=S(=O)(Cl)c1cc(Br)c(OCc2ncccn2)cc1F. The molecule has 0 unspecified atom stereocenters. The Kier molecular flexibility index (Phi) is 4.56. The van der Waals surface area contributed by atoms with Gasteiger partial charge in [-0.1, -0.05) is 0 Å². The van der Waals surface area contributed by atoms with Crippen molar-refractivity contribution in [2.75, 3.05) is 0 Å². The Balaban J connectivity index is 2.24. The number of halogens is 3. The van der Waals surface area contributed by atoms with Crippen LogP contribution in [0.15, 0.2) is 40.0 Å². The van der Waals surface area contributed by atoms with Gasteiger partial charge in [-0.2, -0.15) is 0 Å². The topological polar surface area (TPSA) is 69.2 Å². The summed E-state index contributed by atoms with van der Waals surface area (Å²) in [6.07, 6.45) is 3.09. The van der Waals surface area contributed by atoms with E-state index in [0.29, 0.717) is 5.82 Å². The Morgan fingerprint density at radius 1 is 1.30 bits per heavy atom. The molecule has 0 atom stereocenters. The normalized spacial score (nSPS) is 11.3. The van der Waals surface area contributed by atoms with Gasteiger partial charge in [-0.25, -0.2) is 22.8 Å². The first-order chi connectivity index (χ1) is 9.38. The van der Waals surface area contributed by atoms with E-state index in [1.165, 1.54) is 0 Å². The molecule has 0 radical (unpaired) electrons. The molecule has 2 rings (SSSR count). The first-order valence-electron chi connectivity index (χ1n) is 5.20. The van der Waals surface area contributed by atoms with Crippen LogP contribution in [0.1, 0.15) is 5.82 Å². The molecule has 106 valence electrons. The molecular weight excluding hydrogens is 375 g/mol. The van der Waals surface area contributed by atoms with Crippen molar-refractivity contribution in [1.82, 2.24) is 9.97 Å². The van der Waals surface area contributed by atoms with Crippen molar-refractivity contribution in [2.45, 2.75) is 11.5 Å². The zero-order valence-electron chi connectivity index (χ0n) is 9.76. The molecule has 1 heterocycles. The lowest BCUT2D eigenvalue weighted by Crippen LogP contribution is -2.02. The number of aromatic nitrogens is 2. The van der Waals surface area contributed by atoms with Crippen LogP contribution in [0.2, 0.25) is 0 Å². The molecule has 0 bridgehead atoms. The lowest BCUT2D eigenvalue weighted by molar-refractivity contribution is 0.292. The summed E-state index contributed by atoms with van der Waals surface area (Å²) in [6.45, 7) is 0.0197. The van der Waals surface area contributed by atoms with Crippen LogP contribution >= 0.6 is 26.6 Å². The van der Waals surface area contributed by atoms with Crippen molar-refractivity contribution in [1.29, 1.82) is 0 Å². The monoisotopic (exact) mass is 380 g/mol. The summed E-state index contributed by atoms with van der Waals surface area (Å²) in [4.78, 5) is 7.26. The molecule has 5 nitrogen and oxygen atoms in total. The van der Waals surface area contributed by atoms with E-state index in [9.17, 15) is 12.8 Å². The van der Waals surface area contributed by atoms with E-state index in [1.807, 2.05) is 0 Å². The summed E-state index contributed by atoms with van der Waals surface area (Å²) in [5.74, 6) is -0.458. The van der Waals surface area contributed by atoms with Gasteiger partial charge >= 0.3 is 0 Å². The molecule has 0 spiro atoms. The number of ether oxygens (including phenoxy) is 1. The fourth-order valence-corrected chi connectivity index (χ4v) is 2.87. The largest absolute Gasteiger partial charge is 0.484 e. The van der Waals surface area contributed by atoms with E-state index in [-0.39, 0.29) is 16.8 Å². The first-order valence-corrected chi connectivity index (χ1v) is 8.30. The molecule has 0 saturated heterocycles. The van der Waals surface area contributed by atoms with E-state index in [0.717, 1.165) is 12.1 Å². The van der Waals surface area contributed by atoms with E-state index in [4.69, 9.17) is 15.4 Å². The zero-order valence-corrected chi connectivity index (χ0v) is 12.9. The lowest BCUT2D eigenvalue weighted by Gasteiger charge is -2.09. The lowest BCUT2D eigenvalue weighted by atomic mass is 10.3. The van der Waals surface area contributed by atoms with Gasteiger partial charge in [0.25, 0.3) is 9.05 Å². The predicted octanol–water partition coefficient (Wildman–Crippen LogP) is 2.88. The summed E-state index contributed by atoms with van der Waals surface area (Å²) in [5, 5.41) is 0. The van der Waals surface area contributed by atoms with Crippen LogP contribution in [0.3, 0.4) is 0 Å². The summed E-state index contributed by atoms with van der Waals surface area (Å²) >= 11 is 3.09. The molecule has 1 aromatic carbocycles. The molecule has 1 aromatic heterocycles. The van der Waals surface area contributed by atoms with Gasteiger partial charge in [0, 0.05) is 29.1 Å². The highest BCUT2D eigenvalue weighted by Gasteiger charge is 2.19. The van der Waals surface area contributed by atoms with Crippen LogP contribution in [-0.4, -0.2) is 18.4 Å². The van der Waals surface area contributed by atoms with Crippen molar-refractivity contribution in [3.63, 3.8) is 0 Å². The second kappa shape index (κ2) is 6.02. The number of hydrogen-bond donors (Lipinski definition) is 0. The van der Waals surface area contributed by atoms with Gasteiger partial charge < -0.3 is 4.74 Å². The van der Waals surface area contributed by atoms with Gasteiger partial charge in [0.1, 0.15) is 23.1 Å². The molecule has 0 aliphatic carbocycles. The second-order valence-electron chi connectivity index (χ2n) is 3.60. The Morgan fingerprint density at radius 2 is 1.95 bits per heavy atom. The molecule has 0 N–H and O–H groups in total. The third kappa shape index (κ3) is 3.65. The van der Waals surface area contributed by atoms with Gasteiger partial charge in [-0.3, -0.25) is 0 Å². The average Bonchev–Trinajstić information content (AvgIpc) is 2.39. The fraction of sp³-hybridized carbons (Fsp3) is 0.0909. The molecule has 9 heteroatoms. The van der Waals surface area contributed by atoms with Gasteiger partial charge in [0.2, 0.25) is 0 Å². The summed E-state index contributed by atoms with van der Waals surface area (Å²) < 4.78 is 41.5. The highest BCUT2D eigenvalue weighted by atomic mass is 79.9. The summed E-state index contributed by atoms with van der Waals surface area (Å²) in [5.41, 5.74) is 0. The van der Waals surface area contributed by atoms with E-state index in [2.05, 4.69) is 25.9 Å². The number of rotatable bonds is 4. The number of nitrogens with zero attached hydrogens (tertiary/aromatic N) is 2. The Morgan fingerprint density at radius 3 is 2.55 bits per heavy atom. The second-order valence-corrected chi connectivity index (χ2v) is 6.99. The highest BCUT2D eigenvalue weighted by Crippen LogP contribution is 2.32. The van der Waals surface area contributed by atoms with Crippen LogP contribution in [0.4, 0.5) is 4.39 Å². The van der Waals surface area contributed by atoms with Gasteiger partial charge in [0.15, 0.2) is 5.82 Å². The molecule has 2 aromatic rings. The first kappa shape index (κ1) is 15.1. The minimum Gasteiger partial charge on any atom is -0.484 e. The van der Waals surface area contributed by atoms with Gasteiger partial charge in [0.05, 0.1) is 4.47 Å². The maximum Gasteiger partial charge on any atom is 0.264 e. The summed E-state index contributed by atoms with van der Waals surface area (Å²) in [7, 11) is 0.959. The molecular formula is C11H7BrClFN2O3S. The fourth-order valence-electron chi connectivity index (χ4n) is 1.35. The Bertz CT molecular complexity index is 728. The maximum atomic E-state index is 13.7. The summed E-state index contributed by atoms with van der Waals surface area (Å²) in [6, 6.07) is 3.63. The Labute approximate surface area is 127 Å². The Hall–Kier alpha value is -1.25.